The zero-order chi connectivity index (χ0) is 41.6. The fourth-order valence-electron chi connectivity index (χ4n) is 5.25. The number of aliphatic carboxylic acids is 2. The number of amides is 4. The van der Waals surface area contributed by atoms with Gasteiger partial charge in [0.05, 0.1) is 37.4 Å². The fourth-order valence-corrected chi connectivity index (χ4v) is 5.25. The lowest BCUT2D eigenvalue weighted by Gasteiger charge is -2.39. The Bertz CT molecular complexity index is 1430. The van der Waals surface area contributed by atoms with Crippen LogP contribution in [-0.2, 0) is 38.1 Å². The molecule has 0 aromatic heterocycles. The monoisotopic (exact) mass is 787 g/mol. The third-order valence-corrected chi connectivity index (χ3v) is 7.42. The van der Waals surface area contributed by atoms with Gasteiger partial charge in [-0.25, -0.2) is 29.2 Å². The van der Waals surface area contributed by atoms with Crippen molar-refractivity contribution in [3.05, 3.63) is 23.7 Å². The highest BCUT2D eigenvalue weighted by atomic mass is 16.6. The van der Waals surface area contributed by atoms with E-state index < -0.39 is 133 Å². The molecule has 1 radical (unpaired) electrons. The maximum absolute atomic E-state index is 12.8. The first-order valence-corrected chi connectivity index (χ1v) is 16.0. The molecule has 27 heteroatoms. The number of carbonyl (C=O) groups is 6. The summed E-state index contributed by atoms with van der Waals surface area (Å²) >= 11 is 0. The smallest absolute Gasteiger partial charge is 0.406 e. The van der Waals surface area contributed by atoms with Gasteiger partial charge < -0.3 is 93.8 Å². The van der Waals surface area contributed by atoms with Gasteiger partial charge in [-0.15, -0.1) is 0 Å². The van der Waals surface area contributed by atoms with Crippen LogP contribution in [0.15, 0.2) is 33.7 Å². The molecule has 4 amide bonds. The first-order valence-electron chi connectivity index (χ1n) is 16.0. The number of carboxylic acid groups (broad SMARTS) is 2. The largest absolute Gasteiger partial charge is 0.477 e. The van der Waals surface area contributed by atoms with Crippen LogP contribution >= 0.6 is 0 Å². The Morgan fingerprint density at radius 1 is 0.727 bits per heavy atom. The lowest BCUT2D eigenvalue weighted by atomic mass is 9.79. The molecule has 2 aliphatic rings. The Morgan fingerprint density at radius 3 is 1.35 bits per heavy atom. The molecule has 2 rings (SSSR count). The van der Waals surface area contributed by atoms with Gasteiger partial charge in [-0.05, 0) is 25.0 Å². The van der Waals surface area contributed by atoms with Crippen LogP contribution in [0.4, 0.5) is 9.59 Å². The maximum Gasteiger partial charge on any atom is 0.406 e. The third kappa shape index (κ3) is 13.7. The molecular formula is C28H44BN10O16. The van der Waals surface area contributed by atoms with Crippen LogP contribution in [0, 0.1) is 0 Å². The number of rotatable bonds is 18. The SMILES string of the molecule is CC(=O)N[C@H]1[C@H]([C@H](OC(=O)NC[B]CNC(=O)O[C@@H]([C@@H]2OC(C(=O)O)=C[C@H](N=C(N)N)[C@H]2NC(C)=O)[C@H](O)CO)[C@H](O)CO)OC(C(=O)O)=C[C@@H]1N=C(N)N. The zero-order valence-corrected chi connectivity index (χ0v) is 29.3. The lowest BCUT2D eigenvalue weighted by Crippen LogP contribution is -2.61. The van der Waals surface area contributed by atoms with Crippen molar-refractivity contribution in [1.29, 1.82) is 0 Å². The van der Waals surface area contributed by atoms with E-state index in [0.29, 0.717) is 0 Å². The molecule has 2 heterocycles. The van der Waals surface area contributed by atoms with Crippen molar-refractivity contribution >= 4 is 55.1 Å². The Labute approximate surface area is 312 Å². The number of nitrogens with one attached hydrogen (secondary N) is 4. The van der Waals surface area contributed by atoms with E-state index in [-0.39, 0.29) is 12.9 Å². The van der Waals surface area contributed by atoms with Crippen molar-refractivity contribution in [1.82, 2.24) is 21.3 Å². The molecule has 305 valence electrons. The van der Waals surface area contributed by atoms with Gasteiger partial charge in [-0.1, -0.05) is 0 Å². The van der Waals surface area contributed by atoms with Crippen LogP contribution in [-0.4, -0.2) is 173 Å². The normalized spacial score (nSPS) is 23.7. The van der Waals surface area contributed by atoms with Crippen molar-refractivity contribution in [3.8, 4) is 0 Å². The van der Waals surface area contributed by atoms with Crippen molar-refractivity contribution < 1.29 is 78.4 Å². The third-order valence-electron chi connectivity index (χ3n) is 7.42. The minimum atomic E-state index is -1.89. The first-order chi connectivity index (χ1) is 25.8. The quantitative estimate of drug-likeness (QED) is 0.0265. The predicted molar refractivity (Wildman–Crippen MR) is 184 cm³/mol. The van der Waals surface area contributed by atoms with Gasteiger partial charge >= 0.3 is 24.1 Å². The Kier molecular flexibility index (Phi) is 17.2. The summed E-state index contributed by atoms with van der Waals surface area (Å²) in [5.41, 5.74) is 21.8. The first kappa shape index (κ1) is 45.1. The molecule has 0 aromatic rings. The second-order valence-corrected chi connectivity index (χ2v) is 11.7. The minimum Gasteiger partial charge on any atom is -0.477 e. The number of carbonyl (C=O) groups excluding carboxylic acids is 4. The molecule has 0 spiro atoms. The second kappa shape index (κ2) is 21.0. The Hall–Kier alpha value is -6.06. The van der Waals surface area contributed by atoms with Gasteiger partial charge in [-0.3, -0.25) is 9.59 Å². The van der Waals surface area contributed by atoms with E-state index in [2.05, 4.69) is 31.3 Å². The molecule has 0 aliphatic carbocycles. The summed E-state index contributed by atoms with van der Waals surface area (Å²) in [4.78, 5) is 80.8. The molecule has 0 bridgehead atoms. The number of guanidine groups is 2. The van der Waals surface area contributed by atoms with Gasteiger partial charge in [0.2, 0.25) is 23.3 Å². The number of aliphatic hydroxyl groups excluding tert-OH is 4. The summed E-state index contributed by atoms with van der Waals surface area (Å²) < 4.78 is 21.4. The number of aliphatic hydroxyl groups is 4. The number of alkyl carbamates (subject to hydrolysis) is 2. The minimum absolute atomic E-state index is 0.357. The fraction of sp³-hybridized carbons (Fsp3) is 0.571. The van der Waals surface area contributed by atoms with Crippen molar-refractivity contribution in [2.75, 3.05) is 26.1 Å². The molecule has 26 nitrogen and oxygen atoms in total. The molecule has 0 aromatic carbocycles. The van der Waals surface area contributed by atoms with Crippen molar-refractivity contribution in [3.63, 3.8) is 0 Å². The van der Waals surface area contributed by atoms with Gasteiger partial charge in [0, 0.05) is 13.8 Å². The molecule has 2 aliphatic heterocycles. The van der Waals surface area contributed by atoms with Gasteiger partial charge in [0.25, 0.3) is 0 Å². The van der Waals surface area contributed by atoms with Crippen LogP contribution in [0.2, 0.25) is 0 Å². The number of hydrogen-bond acceptors (Lipinski definition) is 16. The van der Waals surface area contributed by atoms with Crippen LogP contribution in [0.25, 0.3) is 0 Å². The highest BCUT2D eigenvalue weighted by molar-refractivity contribution is 6.36. The maximum atomic E-state index is 12.8. The highest BCUT2D eigenvalue weighted by Gasteiger charge is 2.48. The summed E-state index contributed by atoms with van der Waals surface area (Å²) in [7, 11) is 1.24. The number of ether oxygens (including phenoxy) is 4. The van der Waals surface area contributed by atoms with Gasteiger partial charge in [-0.2, -0.15) is 0 Å². The number of carboxylic acids is 2. The van der Waals surface area contributed by atoms with E-state index in [1.165, 1.54) is 7.28 Å². The predicted octanol–water partition coefficient (Wildman–Crippen LogP) is -7.47. The molecule has 0 saturated heterocycles. The molecule has 0 fully saturated rings. The number of nitrogens with zero attached hydrogens (tertiary/aromatic N) is 2. The zero-order valence-electron chi connectivity index (χ0n) is 29.3. The van der Waals surface area contributed by atoms with E-state index in [4.69, 9.17) is 41.9 Å². The van der Waals surface area contributed by atoms with E-state index >= 15 is 0 Å². The highest BCUT2D eigenvalue weighted by Crippen LogP contribution is 2.28. The molecule has 55 heavy (non-hydrogen) atoms. The average molecular weight is 788 g/mol. The number of hydrogen-bond donors (Lipinski definition) is 14. The summed E-state index contributed by atoms with van der Waals surface area (Å²) in [6, 6.07) is -5.22. The second-order valence-electron chi connectivity index (χ2n) is 11.7. The summed E-state index contributed by atoms with van der Waals surface area (Å²) in [5, 5.41) is 68.9. The van der Waals surface area contributed by atoms with Crippen molar-refractivity contribution in [2.45, 2.75) is 74.6 Å². The van der Waals surface area contributed by atoms with Crippen LogP contribution in [0.3, 0.4) is 0 Å². The van der Waals surface area contributed by atoms with Crippen molar-refractivity contribution in [2.24, 2.45) is 32.9 Å². The summed E-state index contributed by atoms with van der Waals surface area (Å²) in [6.07, 6.45) is -12.1. The molecule has 10 atom stereocenters. The molecule has 0 saturated carbocycles. The summed E-state index contributed by atoms with van der Waals surface area (Å²) in [6.45, 7) is 0.161. The Morgan fingerprint density at radius 2 is 1.07 bits per heavy atom. The van der Waals surface area contributed by atoms with E-state index in [1.807, 2.05) is 0 Å². The van der Waals surface area contributed by atoms with Gasteiger partial charge in [0.1, 0.15) is 12.2 Å². The molecule has 0 unspecified atom stereocenters. The van der Waals surface area contributed by atoms with Crippen LogP contribution < -0.4 is 44.2 Å². The standard InChI is InChI=1S/C28H44BN10O16/c1-9(42)36-17-11(38-25(30)31)3-15(23(46)47)52-21(17)19(13(44)5-40)54-27(50)34-7-29-8-35-28(51)55-20(14(45)6-41)22-18(37-10(2)43)12(39-26(32)33)4-16(53-22)24(48)49/h3-4,11-14,17-22,40-41,44-45H,5-8H2,1-2H3,(H,34,50)(H,35,51)(H,36,42)(H,37,43)(H,46,47)(H,48,49)(H4,30,31,38)(H4,32,33,39)/t11-,12-,13+,14+,17+,18+,19+,20+,21+,22+/m0/s1. The Balaban J connectivity index is 2.13. The molecular weight excluding hydrogens is 743 g/mol. The topological polar surface area (TPSA) is 438 Å². The van der Waals surface area contributed by atoms with E-state index in [9.17, 15) is 59.4 Å². The lowest BCUT2D eigenvalue weighted by molar-refractivity contribution is -0.147. The average Bonchev–Trinajstić information content (AvgIpc) is 3.09. The van der Waals surface area contributed by atoms with E-state index in [0.717, 1.165) is 26.0 Å². The summed E-state index contributed by atoms with van der Waals surface area (Å²) in [5.74, 6) is -7.01. The van der Waals surface area contributed by atoms with Gasteiger partial charge in [0.15, 0.2) is 43.6 Å². The van der Waals surface area contributed by atoms with Crippen LogP contribution in [0.5, 0.6) is 0 Å². The number of aliphatic imine (C=N–C) groups is 2. The molecule has 18 N–H and O–H groups in total. The van der Waals surface area contributed by atoms with Crippen LogP contribution in [0.1, 0.15) is 13.8 Å². The number of nitrogens with two attached hydrogens (primary N) is 4. The van der Waals surface area contributed by atoms with E-state index in [1.54, 1.807) is 0 Å².